The topological polar surface area (TPSA) is 65.4 Å². The normalized spacial score (nSPS) is 10.8. The van der Waals surface area contributed by atoms with Crippen molar-refractivity contribution in [2.75, 3.05) is 7.11 Å². The zero-order valence-corrected chi connectivity index (χ0v) is 18.2. The van der Waals surface area contributed by atoms with Crippen LogP contribution in [0.25, 0.3) is 10.9 Å². The third kappa shape index (κ3) is 3.73. The van der Waals surface area contributed by atoms with Crippen molar-refractivity contribution in [1.82, 2.24) is 4.57 Å². The van der Waals surface area contributed by atoms with Crippen LogP contribution >= 0.6 is 0 Å². The van der Waals surface area contributed by atoms with Crippen LogP contribution in [0.3, 0.4) is 0 Å². The van der Waals surface area contributed by atoms with Gasteiger partial charge in [0.1, 0.15) is 5.56 Å². The molecule has 1 heterocycles. The smallest absolute Gasteiger partial charge is 0.344 e. The number of carbonyl (C=O) groups is 2. The second kappa shape index (κ2) is 8.63. The van der Waals surface area contributed by atoms with E-state index >= 15 is 0 Å². The van der Waals surface area contributed by atoms with Gasteiger partial charge in [0.2, 0.25) is 0 Å². The molecule has 0 unspecified atom stereocenters. The Hall–Kier alpha value is -3.99. The van der Waals surface area contributed by atoms with Crippen LogP contribution in [-0.4, -0.2) is 23.4 Å². The lowest BCUT2D eigenvalue weighted by Gasteiger charge is -2.19. The lowest BCUT2D eigenvalue weighted by molar-refractivity contribution is 0.0595. The number of hydrogen-bond acceptors (Lipinski definition) is 4. The maximum absolute atomic E-state index is 13.7. The number of esters is 1. The molecule has 0 aliphatic heterocycles. The third-order valence-electron chi connectivity index (χ3n) is 5.53. The van der Waals surface area contributed by atoms with Crippen molar-refractivity contribution in [3.05, 3.63) is 117 Å². The van der Waals surface area contributed by atoms with E-state index in [-0.39, 0.29) is 23.5 Å². The van der Waals surface area contributed by atoms with Crippen molar-refractivity contribution in [2.24, 2.45) is 0 Å². The molecule has 5 heteroatoms. The quantitative estimate of drug-likeness (QED) is 0.344. The number of ketones is 1. The first-order valence-corrected chi connectivity index (χ1v) is 10.3. The summed E-state index contributed by atoms with van der Waals surface area (Å²) in [6.45, 7) is 4.10. The third-order valence-corrected chi connectivity index (χ3v) is 5.53. The van der Waals surface area contributed by atoms with Crippen LogP contribution in [0.1, 0.15) is 43.0 Å². The van der Waals surface area contributed by atoms with Gasteiger partial charge < -0.3 is 9.30 Å². The highest BCUT2D eigenvalue weighted by atomic mass is 16.5. The van der Waals surface area contributed by atoms with Gasteiger partial charge >= 0.3 is 5.97 Å². The zero-order valence-electron chi connectivity index (χ0n) is 18.2. The standard InChI is InChI=1S/C27H23NO4/c1-17-14-18(2)24-21(15-17)22(25(29)20-12-8-5-9-13-20)23(27(31)32-3)26(30)28(24)16-19-10-6-4-7-11-19/h4-15H,16H2,1-3H3. The highest BCUT2D eigenvalue weighted by Gasteiger charge is 2.28. The number of methoxy groups -OCH3 is 1. The van der Waals surface area contributed by atoms with E-state index in [2.05, 4.69) is 0 Å². The van der Waals surface area contributed by atoms with Crippen LogP contribution in [0.2, 0.25) is 0 Å². The number of ether oxygens (including phenoxy) is 1. The summed E-state index contributed by atoms with van der Waals surface area (Å²) in [5.41, 5.74) is 3.03. The number of aromatic nitrogens is 1. The van der Waals surface area contributed by atoms with Crippen LogP contribution in [0.5, 0.6) is 0 Å². The van der Waals surface area contributed by atoms with Crippen molar-refractivity contribution >= 4 is 22.7 Å². The van der Waals surface area contributed by atoms with Crippen LogP contribution in [0.15, 0.2) is 77.6 Å². The molecule has 160 valence electrons. The Bertz CT molecular complexity index is 1390. The Morgan fingerprint density at radius 2 is 1.50 bits per heavy atom. The fourth-order valence-electron chi connectivity index (χ4n) is 4.16. The molecular formula is C27H23NO4. The van der Waals surface area contributed by atoms with Gasteiger partial charge in [0.05, 0.1) is 24.7 Å². The van der Waals surface area contributed by atoms with E-state index in [1.54, 1.807) is 28.8 Å². The molecule has 0 aliphatic rings. The van der Waals surface area contributed by atoms with E-state index in [1.807, 2.05) is 62.4 Å². The van der Waals surface area contributed by atoms with Gasteiger partial charge in [0.15, 0.2) is 5.78 Å². The van der Waals surface area contributed by atoms with Crippen LogP contribution in [0, 0.1) is 13.8 Å². The number of nitrogens with zero attached hydrogens (tertiary/aromatic N) is 1. The molecule has 0 fully saturated rings. The van der Waals surface area contributed by atoms with Gasteiger partial charge in [-0.05, 0) is 31.0 Å². The molecule has 3 aromatic carbocycles. The molecule has 5 nitrogen and oxygen atoms in total. The molecular weight excluding hydrogens is 402 g/mol. The Morgan fingerprint density at radius 3 is 2.12 bits per heavy atom. The first-order chi connectivity index (χ1) is 15.4. The highest BCUT2D eigenvalue weighted by molar-refractivity contribution is 6.21. The minimum atomic E-state index is -0.822. The highest BCUT2D eigenvalue weighted by Crippen LogP contribution is 2.28. The number of aryl methyl sites for hydroxylation is 2. The van der Waals surface area contributed by atoms with E-state index < -0.39 is 11.5 Å². The molecule has 0 aliphatic carbocycles. The maximum Gasteiger partial charge on any atom is 0.344 e. The van der Waals surface area contributed by atoms with Gasteiger partial charge in [-0.15, -0.1) is 0 Å². The predicted molar refractivity (Wildman–Crippen MR) is 124 cm³/mol. The number of rotatable bonds is 5. The monoisotopic (exact) mass is 425 g/mol. The molecule has 32 heavy (non-hydrogen) atoms. The number of carbonyl (C=O) groups excluding carboxylic acids is 2. The van der Waals surface area contributed by atoms with Crippen molar-refractivity contribution in [3.63, 3.8) is 0 Å². The molecule has 0 spiro atoms. The molecule has 0 radical (unpaired) electrons. The van der Waals surface area contributed by atoms with Crippen molar-refractivity contribution < 1.29 is 14.3 Å². The molecule has 0 amide bonds. The van der Waals surface area contributed by atoms with Gasteiger partial charge in [0, 0.05) is 10.9 Å². The number of benzene rings is 3. The molecule has 0 saturated heterocycles. The minimum absolute atomic E-state index is 0.0826. The first-order valence-electron chi connectivity index (χ1n) is 10.3. The Labute approximate surface area is 185 Å². The van der Waals surface area contributed by atoms with Crippen molar-refractivity contribution in [1.29, 1.82) is 0 Å². The summed E-state index contributed by atoms with van der Waals surface area (Å²) in [5, 5.41) is 0.562. The summed E-state index contributed by atoms with van der Waals surface area (Å²) in [5.74, 6) is -1.21. The average molecular weight is 425 g/mol. The zero-order chi connectivity index (χ0) is 22.8. The fourth-order valence-corrected chi connectivity index (χ4v) is 4.16. The molecule has 0 saturated carbocycles. The van der Waals surface area contributed by atoms with E-state index in [4.69, 9.17) is 4.74 Å². The minimum Gasteiger partial charge on any atom is -0.465 e. The van der Waals surface area contributed by atoms with Crippen LogP contribution in [-0.2, 0) is 11.3 Å². The summed E-state index contributed by atoms with van der Waals surface area (Å²) < 4.78 is 6.52. The van der Waals surface area contributed by atoms with E-state index in [0.29, 0.717) is 16.5 Å². The first kappa shape index (κ1) is 21.2. The van der Waals surface area contributed by atoms with Gasteiger partial charge in [-0.1, -0.05) is 72.3 Å². The number of fused-ring (bicyclic) bond motifs is 1. The maximum atomic E-state index is 13.7. The Morgan fingerprint density at radius 1 is 0.875 bits per heavy atom. The molecule has 4 rings (SSSR count). The second-order valence-corrected chi connectivity index (χ2v) is 7.79. The van der Waals surface area contributed by atoms with Crippen molar-refractivity contribution in [2.45, 2.75) is 20.4 Å². The summed E-state index contributed by atoms with van der Waals surface area (Å²) >= 11 is 0. The average Bonchev–Trinajstić information content (AvgIpc) is 2.80. The molecule has 0 atom stereocenters. The van der Waals surface area contributed by atoms with Gasteiger partial charge in [-0.25, -0.2) is 4.79 Å². The molecule has 0 N–H and O–H groups in total. The van der Waals surface area contributed by atoms with Crippen molar-refractivity contribution in [3.8, 4) is 0 Å². The lowest BCUT2D eigenvalue weighted by atomic mass is 9.92. The number of pyridine rings is 1. The summed E-state index contributed by atoms with van der Waals surface area (Å²) in [6, 6.07) is 22.0. The lowest BCUT2D eigenvalue weighted by Crippen LogP contribution is -2.32. The molecule has 4 aromatic rings. The van der Waals surface area contributed by atoms with Gasteiger partial charge in [0.25, 0.3) is 5.56 Å². The second-order valence-electron chi connectivity index (χ2n) is 7.79. The van der Waals surface area contributed by atoms with Gasteiger partial charge in [-0.2, -0.15) is 0 Å². The largest absolute Gasteiger partial charge is 0.465 e. The Kier molecular flexibility index (Phi) is 5.73. The van der Waals surface area contributed by atoms with Crippen LogP contribution < -0.4 is 5.56 Å². The molecule has 1 aromatic heterocycles. The summed E-state index contributed by atoms with van der Waals surface area (Å²) in [6.07, 6.45) is 0. The van der Waals surface area contributed by atoms with E-state index in [0.717, 1.165) is 16.7 Å². The fraction of sp³-hybridized carbons (Fsp3) is 0.148. The van der Waals surface area contributed by atoms with Gasteiger partial charge in [-0.3, -0.25) is 9.59 Å². The predicted octanol–water partition coefficient (Wildman–Crippen LogP) is 4.68. The van der Waals surface area contributed by atoms with E-state index in [9.17, 15) is 14.4 Å². The number of hydrogen-bond donors (Lipinski definition) is 0. The van der Waals surface area contributed by atoms with E-state index in [1.165, 1.54) is 7.11 Å². The SMILES string of the molecule is COC(=O)c1c(C(=O)c2ccccc2)c2cc(C)cc(C)c2n(Cc2ccccc2)c1=O. The summed E-state index contributed by atoms with van der Waals surface area (Å²) in [4.78, 5) is 40.1. The molecule has 0 bridgehead atoms. The summed E-state index contributed by atoms with van der Waals surface area (Å²) in [7, 11) is 1.21. The van der Waals surface area contributed by atoms with Crippen LogP contribution in [0.4, 0.5) is 0 Å². The Balaban J connectivity index is 2.13.